The van der Waals surface area contributed by atoms with E-state index >= 15 is 0 Å². The van der Waals surface area contributed by atoms with Gasteiger partial charge in [0, 0.05) is 12.1 Å². The van der Waals surface area contributed by atoms with E-state index in [0.717, 1.165) is 9.87 Å². The normalized spacial score (nSPS) is 13.0. The van der Waals surface area contributed by atoms with Crippen molar-refractivity contribution in [3.8, 4) is 0 Å². The first-order chi connectivity index (χ1) is 11.2. The van der Waals surface area contributed by atoms with Crippen LogP contribution in [0.3, 0.4) is 0 Å². The summed E-state index contributed by atoms with van der Waals surface area (Å²) in [5.74, 6) is -1.21. The van der Waals surface area contributed by atoms with Crippen molar-refractivity contribution in [3.05, 3.63) is 64.7 Å². The van der Waals surface area contributed by atoms with Gasteiger partial charge in [-0.3, -0.25) is 4.79 Å². The number of halogens is 1. The fourth-order valence-electron chi connectivity index (χ4n) is 2.28. The Hall–Kier alpha value is -1.89. The van der Waals surface area contributed by atoms with E-state index in [-0.39, 0.29) is 11.3 Å². The van der Waals surface area contributed by atoms with E-state index in [9.17, 15) is 18.3 Å². The van der Waals surface area contributed by atoms with Crippen LogP contribution in [0.2, 0.25) is 5.02 Å². The topological polar surface area (TPSA) is 74.7 Å². The first kappa shape index (κ1) is 18.4. The Morgan fingerprint density at radius 3 is 2.38 bits per heavy atom. The Balaban J connectivity index is 2.33. The molecule has 1 atom stereocenters. The first-order valence-electron chi connectivity index (χ1n) is 7.24. The third-order valence-electron chi connectivity index (χ3n) is 3.81. The van der Waals surface area contributed by atoms with Crippen LogP contribution in [0.1, 0.15) is 11.1 Å². The van der Waals surface area contributed by atoms with Crippen LogP contribution in [-0.4, -0.2) is 36.9 Å². The molecule has 0 spiro atoms. The molecular weight excluding hydrogens is 350 g/mol. The van der Waals surface area contributed by atoms with Crippen LogP contribution in [0, 0.1) is 6.92 Å². The zero-order valence-corrected chi connectivity index (χ0v) is 14.9. The van der Waals surface area contributed by atoms with Crippen molar-refractivity contribution < 1.29 is 18.3 Å². The Bertz CT molecular complexity index is 837. The molecule has 2 aromatic carbocycles. The van der Waals surface area contributed by atoms with Crippen molar-refractivity contribution >= 4 is 27.6 Å². The monoisotopic (exact) mass is 367 g/mol. The lowest BCUT2D eigenvalue weighted by atomic mass is 10.0. The molecule has 0 fully saturated rings. The molecule has 0 bridgehead atoms. The highest BCUT2D eigenvalue weighted by atomic mass is 35.5. The number of benzene rings is 2. The SMILES string of the molecule is Cc1ccc(C[C@@H](C(=O)O)N(C)S(=O)(=O)c2ccccc2)cc1Cl. The number of nitrogens with zero attached hydrogens (tertiary/aromatic N) is 1. The van der Waals surface area contributed by atoms with Crippen molar-refractivity contribution in [1.29, 1.82) is 0 Å². The zero-order valence-electron chi connectivity index (χ0n) is 13.3. The van der Waals surface area contributed by atoms with E-state index in [1.165, 1.54) is 19.2 Å². The molecule has 0 saturated heterocycles. The summed E-state index contributed by atoms with van der Waals surface area (Å²) in [6, 6.07) is 11.7. The molecule has 7 heteroatoms. The van der Waals surface area contributed by atoms with Gasteiger partial charge in [-0.05, 0) is 42.7 Å². The standard InChI is InChI=1S/C17H18ClNO4S/c1-12-8-9-13(10-15(12)18)11-16(17(20)21)19(2)24(22,23)14-6-4-3-5-7-14/h3-10,16H,11H2,1-2H3,(H,20,21)/t16-/m0/s1. The van der Waals surface area contributed by atoms with Crippen molar-refractivity contribution in [2.45, 2.75) is 24.3 Å². The maximum atomic E-state index is 12.6. The van der Waals surface area contributed by atoms with Gasteiger partial charge in [-0.15, -0.1) is 0 Å². The van der Waals surface area contributed by atoms with Crippen molar-refractivity contribution in [2.75, 3.05) is 7.05 Å². The molecule has 0 aliphatic rings. The fraction of sp³-hybridized carbons (Fsp3) is 0.235. The van der Waals surface area contributed by atoms with Gasteiger partial charge in [-0.1, -0.05) is 41.9 Å². The van der Waals surface area contributed by atoms with Crippen LogP contribution >= 0.6 is 11.6 Å². The van der Waals surface area contributed by atoms with Crippen molar-refractivity contribution in [3.63, 3.8) is 0 Å². The average Bonchev–Trinajstić information content (AvgIpc) is 2.55. The molecule has 0 unspecified atom stereocenters. The van der Waals surface area contributed by atoms with Gasteiger partial charge in [-0.2, -0.15) is 4.31 Å². The minimum atomic E-state index is -3.90. The molecular formula is C17H18ClNO4S. The van der Waals surface area contributed by atoms with Gasteiger partial charge in [0.15, 0.2) is 0 Å². The van der Waals surface area contributed by atoms with Crippen LogP contribution in [0.5, 0.6) is 0 Å². The van der Waals surface area contributed by atoms with Gasteiger partial charge >= 0.3 is 5.97 Å². The summed E-state index contributed by atoms with van der Waals surface area (Å²) in [6.07, 6.45) is 0.0257. The van der Waals surface area contributed by atoms with Gasteiger partial charge in [-0.25, -0.2) is 8.42 Å². The van der Waals surface area contributed by atoms with Crippen LogP contribution < -0.4 is 0 Å². The molecule has 1 N–H and O–H groups in total. The highest BCUT2D eigenvalue weighted by molar-refractivity contribution is 7.89. The molecule has 0 aromatic heterocycles. The van der Waals surface area contributed by atoms with Crippen molar-refractivity contribution in [1.82, 2.24) is 4.31 Å². The summed E-state index contributed by atoms with van der Waals surface area (Å²) in [7, 11) is -2.63. The highest BCUT2D eigenvalue weighted by Gasteiger charge is 2.32. The number of carboxylic acid groups (broad SMARTS) is 1. The first-order valence-corrected chi connectivity index (χ1v) is 9.06. The number of sulfonamides is 1. The van der Waals surface area contributed by atoms with Gasteiger partial charge in [0.2, 0.25) is 10.0 Å². The molecule has 0 amide bonds. The van der Waals surface area contributed by atoms with Crippen molar-refractivity contribution in [2.24, 2.45) is 0 Å². The third-order valence-corrected chi connectivity index (χ3v) is 6.10. The number of aryl methyl sites for hydroxylation is 1. The average molecular weight is 368 g/mol. The van der Waals surface area contributed by atoms with E-state index in [1.54, 1.807) is 36.4 Å². The highest BCUT2D eigenvalue weighted by Crippen LogP contribution is 2.22. The van der Waals surface area contributed by atoms with E-state index in [1.807, 2.05) is 6.92 Å². The maximum Gasteiger partial charge on any atom is 0.322 e. The Morgan fingerprint density at radius 1 is 1.21 bits per heavy atom. The predicted molar refractivity (Wildman–Crippen MR) is 92.7 cm³/mol. The van der Waals surface area contributed by atoms with Gasteiger partial charge < -0.3 is 5.11 Å². The Kier molecular flexibility index (Phi) is 5.64. The molecule has 2 rings (SSSR count). The predicted octanol–water partition coefficient (Wildman–Crippen LogP) is 2.96. The van der Waals surface area contributed by atoms with Crippen LogP contribution in [0.4, 0.5) is 0 Å². The number of hydrogen-bond acceptors (Lipinski definition) is 3. The van der Waals surface area contributed by atoms with Crippen LogP contribution in [0.15, 0.2) is 53.4 Å². The molecule has 24 heavy (non-hydrogen) atoms. The molecule has 128 valence electrons. The smallest absolute Gasteiger partial charge is 0.322 e. The summed E-state index contributed by atoms with van der Waals surface area (Å²) >= 11 is 6.06. The fourth-order valence-corrected chi connectivity index (χ4v) is 3.82. The number of rotatable bonds is 6. The number of likely N-dealkylation sites (N-methyl/N-ethyl adjacent to an activating group) is 1. The summed E-state index contributed by atoms with van der Waals surface area (Å²) in [4.78, 5) is 11.7. The van der Waals surface area contributed by atoms with E-state index in [2.05, 4.69) is 0 Å². The number of carboxylic acids is 1. The third kappa shape index (κ3) is 3.95. The largest absolute Gasteiger partial charge is 0.480 e. The summed E-state index contributed by atoms with van der Waals surface area (Å²) < 4.78 is 26.1. The minimum absolute atomic E-state index is 0.0257. The van der Waals surface area contributed by atoms with Gasteiger partial charge in [0.1, 0.15) is 6.04 Å². The van der Waals surface area contributed by atoms with Gasteiger partial charge in [0.25, 0.3) is 0 Å². The second kappa shape index (κ2) is 7.34. The summed E-state index contributed by atoms with van der Waals surface area (Å²) in [5, 5.41) is 10.0. The number of hydrogen-bond donors (Lipinski definition) is 1. The molecule has 0 aliphatic heterocycles. The Morgan fingerprint density at radius 2 is 1.83 bits per heavy atom. The second-order valence-corrected chi connectivity index (χ2v) is 7.88. The molecule has 0 saturated carbocycles. The maximum absolute atomic E-state index is 12.6. The molecule has 0 heterocycles. The van der Waals surface area contributed by atoms with E-state index in [0.29, 0.717) is 10.6 Å². The lowest BCUT2D eigenvalue weighted by molar-refractivity contribution is -0.141. The van der Waals surface area contributed by atoms with Crippen LogP contribution in [-0.2, 0) is 21.2 Å². The van der Waals surface area contributed by atoms with E-state index < -0.39 is 22.0 Å². The van der Waals surface area contributed by atoms with Gasteiger partial charge in [0.05, 0.1) is 4.90 Å². The number of aliphatic carboxylic acids is 1. The van der Waals surface area contributed by atoms with Crippen LogP contribution in [0.25, 0.3) is 0 Å². The molecule has 5 nitrogen and oxygen atoms in total. The quantitative estimate of drug-likeness (QED) is 0.851. The zero-order chi connectivity index (χ0) is 17.9. The second-order valence-electron chi connectivity index (χ2n) is 5.48. The van der Waals surface area contributed by atoms with E-state index in [4.69, 9.17) is 11.6 Å². The lowest BCUT2D eigenvalue weighted by Crippen LogP contribution is -2.43. The lowest BCUT2D eigenvalue weighted by Gasteiger charge is -2.24. The number of carbonyl (C=O) groups is 1. The molecule has 2 aromatic rings. The molecule has 0 aliphatic carbocycles. The Labute approximate surface area is 146 Å². The summed E-state index contributed by atoms with van der Waals surface area (Å²) in [6.45, 7) is 1.84. The molecule has 0 radical (unpaired) electrons. The summed E-state index contributed by atoms with van der Waals surface area (Å²) in [5.41, 5.74) is 1.53. The minimum Gasteiger partial charge on any atom is -0.480 e.